The van der Waals surface area contributed by atoms with Gasteiger partial charge in [-0.05, 0) is 29.5 Å². The molecule has 0 aromatic heterocycles. The maximum absolute atomic E-state index is 12.2. The van der Waals surface area contributed by atoms with Crippen LogP contribution in [0.1, 0.15) is 29.5 Å². The van der Waals surface area contributed by atoms with E-state index in [2.05, 4.69) is 54.9 Å². The normalized spacial score (nSPS) is 11.9. The first-order chi connectivity index (χ1) is 16.2. The molecule has 0 bridgehead atoms. The number of rotatable bonds is 12. The molecule has 3 rings (SSSR count). The lowest BCUT2D eigenvalue weighted by Gasteiger charge is -2.37. The molecule has 33 heavy (non-hydrogen) atoms. The molecule has 1 unspecified atom stereocenters. The van der Waals surface area contributed by atoms with Gasteiger partial charge in [-0.3, -0.25) is 0 Å². The smallest absolute Gasteiger partial charge is 0.407 e. The van der Waals surface area contributed by atoms with Crippen molar-refractivity contribution in [3.05, 3.63) is 133 Å². The molecule has 0 radical (unpaired) electrons. The second-order valence-electron chi connectivity index (χ2n) is 7.64. The quantitative estimate of drug-likeness (QED) is 0.206. The average Bonchev–Trinajstić information content (AvgIpc) is 2.88. The third-order valence-electron chi connectivity index (χ3n) is 5.39. The average molecular weight is 442 g/mol. The maximum atomic E-state index is 12.2. The summed E-state index contributed by atoms with van der Waals surface area (Å²) in [5.41, 5.74) is 2.13. The molecular weight excluding hydrogens is 410 g/mol. The van der Waals surface area contributed by atoms with Gasteiger partial charge in [0.2, 0.25) is 0 Å². The minimum Gasteiger partial charge on any atom is -0.450 e. The van der Waals surface area contributed by atoms with Crippen molar-refractivity contribution in [2.45, 2.75) is 24.5 Å². The van der Waals surface area contributed by atoms with Gasteiger partial charge in [0.1, 0.15) is 5.60 Å². The van der Waals surface area contributed by atoms with Crippen LogP contribution in [0.2, 0.25) is 0 Å². The Kier molecular flexibility index (Phi) is 9.04. The number of carbonyl (C=O) groups is 1. The van der Waals surface area contributed by atoms with Crippen molar-refractivity contribution in [3.63, 3.8) is 0 Å². The molecule has 170 valence electrons. The highest BCUT2D eigenvalue weighted by Crippen LogP contribution is 2.40. The highest BCUT2D eigenvalue weighted by atomic mass is 16.5. The first-order valence-electron chi connectivity index (χ1n) is 11.2. The molecule has 3 aromatic rings. The van der Waals surface area contributed by atoms with Crippen LogP contribution in [0.25, 0.3) is 0 Å². The molecule has 4 nitrogen and oxygen atoms in total. The van der Waals surface area contributed by atoms with E-state index < -0.39 is 17.7 Å². The Balaban J connectivity index is 1.89. The molecule has 4 heteroatoms. The number of amides is 1. The van der Waals surface area contributed by atoms with Gasteiger partial charge in [0.05, 0.1) is 19.3 Å². The highest BCUT2D eigenvalue weighted by molar-refractivity contribution is 5.67. The van der Waals surface area contributed by atoms with E-state index in [1.54, 1.807) is 12.2 Å². The van der Waals surface area contributed by atoms with Crippen LogP contribution in [0.4, 0.5) is 4.79 Å². The predicted molar refractivity (Wildman–Crippen MR) is 133 cm³/mol. The number of alkyl carbamates (subject to hydrolysis) is 1. The van der Waals surface area contributed by atoms with Crippen molar-refractivity contribution in [1.82, 2.24) is 5.32 Å². The standard InChI is InChI=1S/C29H31NO3/c1-3-5-15-22-32-28(31)30-27(4-2)23-33-29(24-16-9-6-10-17-24,25-18-11-7-12-19-25)26-20-13-8-14-21-26/h3-4,6-14,16-21,27H,1-2,5,15,22-23H2,(H,30,31). The lowest BCUT2D eigenvalue weighted by Crippen LogP contribution is -2.41. The fourth-order valence-electron chi connectivity index (χ4n) is 3.74. The summed E-state index contributed by atoms with van der Waals surface area (Å²) in [7, 11) is 0. The van der Waals surface area contributed by atoms with Gasteiger partial charge in [-0.1, -0.05) is 103 Å². The van der Waals surface area contributed by atoms with Crippen LogP contribution in [-0.2, 0) is 15.1 Å². The molecule has 0 heterocycles. The van der Waals surface area contributed by atoms with Crippen molar-refractivity contribution in [2.24, 2.45) is 0 Å². The molecule has 0 aliphatic heterocycles. The van der Waals surface area contributed by atoms with Gasteiger partial charge in [-0.2, -0.15) is 0 Å². The van der Waals surface area contributed by atoms with Crippen LogP contribution < -0.4 is 5.32 Å². The molecule has 1 N–H and O–H groups in total. The van der Waals surface area contributed by atoms with Crippen LogP contribution in [0.15, 0.2) is 116 Å². The SMILES string of the molecule is C=CCCCOC(=O)NC(C=C)COC(c1ccccc1)(c1ccccc1)c1ccccc1. The summed E-state index contributed by atoms with van der Waals surface area (Å²) < 4.78 is 12.0. The van der Waals surface area contributed by atoms with Crippen LogP contribution >= 0.6 is 0 Å². The Morgan fingerprint density at radius 3 is 1.76 bits per heavy atom. The summed E-state index contributed by atoms with van der Waals surface area (Å²) in [4.78, 5) is 12.2. The van der Waals surface area contributed by atoms with E-state index in [4.69, 9.17) is 9.47 Å². The lowest BCUT2D eigenvalue weighted by molar-refractivity contribution is 0.00576. The van der Waals surface area contributed by atoms with E-state index in [0.717, 1.165) is 29.5 Å². The monoisotopic (exact) mass is 441 g/mol. The van der Waals surface area contributed by atoms with Gasteiger partial charge in [-0.25, -0.2) is 4.79 Å². The largest absolute Gasteiger partial charge is 0.450 e. The summed E-state index contributed by atoms with van der Waals surface area (Å²) in [6.45, 7) is 8.10. The topological polar surface area (TPSA) is 47.6 Å². The Morgan fingerprint density at radius 1 is 0.848 bits per heavy atom. The first kappa shape index (κ1) is 24.0. The van der Waals surface area contributed by atoms with E-state index in [-0.39, 0.29) is 6.61 Å². The van der Waals surface area contributed by atoms with Crippen molar-refractivity contribution < 1.29 is 14.3 Å². The lowest BCUT2D eigenvalue weighted by atomic mass is 9.80. The van der Waals surface area contributed by atoms with E-state index in [1.807, 2.05) is 54.6 Å². The van der Waals surface area contributed by atoms with Gasteiger partial charge in [0, 0.05) is 0 Å². The zero-order chi connectivity index (χ0) is 23.4. The molecule has 3 aromatic carbocycles. The summed E-state index contributed by atoms with van der Waals surface area (Å²) in [5, 5.41) is 2.84. The number of unbranched alkanes of at least 4 members (excludes halogenated alkanes) is 1. The number of ether oxygens (including phenoxy) is 2. The second-order valence-corrected chi connectivity index (χ2v) is 7.64. The summed E-state index contributed by atoms with van der Waals surface area (Å²) in [6.07, 6.45) is 4.52. The molecule has 0 aliphatic rings. The Bertz CT molecular complexity index is 906. The predicted octanol–water partition coefficient (Wildman–Crippen LogP) is 6.24. The summed E-state index contributed by atoms with van der Waals surface area (Å²) in [5.74, 6) is 0. The van der Waals surface area contributed by atoms with E-state index in [0.29, 0.717) is 6.61 Å². The second kappa shape index (κ2) is 12.4. The van der Waals surface area contributed by atoms with Crippen LogP contribution in [0.5, 0.6) is 0 Å². The number of hydrogen-bond acceptors (Lipinski definition) is 3. The number of allylic oxidation sites excluding steroid dienone is 1. The minimum absolute atomic E-state index is 0.212. The van der Waals surface area contributed by atoms with Gasteiger partial charge in [0.25, 0.3) is 0 Å². The summed E-state index contributed by atoms with van der Waals surface area (Å²) >= 11 is 0. The number of hydrogen-bond donors (Lipinski definition) is 1. The fourth-order valence-corrected chi connectivity index (χ4v) is 3.74. The van der Waals surface area contributed by atoms with Gasteiger partial charge < -0.3 is 14.8 Å². The van der Waals surface area contributed by atoms with E-state index in [9.17, 15) is 4.79 Å². The third kappa shape index (κ3) is 6.21. The van der Waals surface area contributed by atoms with Crippen molar-refractivity contribution in [3.8, 4) is 0 Å². The van der Waals surface area contributed by atoms with Gasteiger partial charge in [0.15, 0.2) is 0 Å². The molecule has 1 atom stereocenters. The number of benzene rings is 3. The molecule has 0 saturated heterocycles. The van der Waals surface area contributed by atoms with Crippen LogP contribution in [-0.4, -0.2) is 25.3 Å². The Morgan fingerprint density at radius 2 is 1.33 bits per heavy atom. The summed E-state index contributed by atoms with van der Waals surface area (Å²) in [6, 6.07) is 29.9. The first-order valence-corrected chi connectivity index (χ1v) is 11.2. The maximum Gasteiger partial charge on any atom is 0.407 e. The fraction of sp³-hybridized carbons (Fsp3) is 0.207. The van der Waals surface area contributed by atoms with Crippen molar-refractivity contribution in [1.29, 1.82) is 0 Å². The molecule has 1 amide bonds. The van der Waals surface area contributed by atoms with Gasteiger partial charge >= 0.3 is 6.09 Å². The minimum atomic E-state index is -0.861. The zero-order valence-electron chi connectivity index (χ0n) is 18.9. The number of carbonyl (C=O) groups excluding carboxylic acids is 1. The zero-order valence-corrected chi connectivity index (χ0v) is 18.9. The Labute approximate surface area is 196 Å². The van der Waals surface area contributed by atoms with E-state index in [1.165, 1.54) is 0 Å². The van der Waals surface area contributed by atoms with Crippen molar-refractivity contribution in [2.75, 3.05) is 13.2 Å². The van der Waals surface area contributed by atoms with Crippen molar-refractivity contribution >= 4 is 6.09 Å². The third-order valence-corrected chi connectivity index (χ3v) is 5.39. The van der Waals surface area contributed by atoms with E-state index >= 15 is 0 Å². The van der Waals surface area contributed by atoms with Crippen LogP contribution in [0, 0.1) is 0 Å². The highest BCUT2D eigenvalue weighted by Gasteiger charge is 2.38. The molecule has 0 saturated carbocycles. The number of nitrogens with one attached hydrogen (secondary N) is 1. The van der Waals surface area contributed by atoms with Crippen LogP contribution in [0.3, 0.4) is 0 Å². The molecule has 0 aliphatic carbocycles. The molecular formula is C29H31NO3. The van der Waals surface area contributed by atoms with Gasteiger partial charge in [-0.15, -0.1) is 13.2 Å². The Hall–Kier alpha value is -3.63. The molecule has 0 spiro atoms. The molecule has 0 fully saturated rings.